The molecule has 6 nitrogen and oxygen atoms in total. The van der Waals surface area contributed by atoms with Crippen molar-refractivity contribution in [2.24, 2.45) is 15.2 Å². The summed E-state index contributed by atoms with van der Waals surface area (Å²) in [6, 6.07) is 19.7. The van der Waals surface area contributed by atoms with Gasteiger partial charge < -0.3 is 5.73 Å². The zero-order valence-electron chi connectivity index (χ0n) is 18.0. The maximum atomic E-state index is 13.0. The van der Waals surface area contributed by atoms with Crippen LogP contribution in [0.15, 0.2) is 86.0 Å². The molecule has 34 heavy (non-hydrogen) atoms. The van der Waals surface area contributed by atoms with Gasteiger partial charge in [0.2, 0.25) is 5.96 Å². The van der Waals surface area contributed by atoms with Crippen molar-refractivity contribution in [2.45, 2.75) is 22.5 Å². The molecule has 3 aromatic rings. The molecule has 3 rings (SSSR count). The minimum atomic E-state index is -4.14. The molecule has 0 saturated heterocycles. The average Bonchev–Trinajstić information content (AvgIpc) is 2.79. The first-order valence-electron chi connectivity index (χ1n) is 9.86. The van der Waals surface area contributed by atoms with Crippen molar-refractivity contribution in [1.29, 1.82) is 0 Å². The fourth-order valence-corrected chi connectivity index (χ4v) is 5.58. The highest BCUT2D eigenvalue weighted by molar-refractivity contribution is 7.99. The molecule has 0 aliphatic carbocycles. The molecule has 0 bridgehead atoms. The summed E-state index contributed by atoms with van der Waals surface area (Å²) in [4.78, 5) is 0.448. The van der Waals surface area contributed by atoms with Crippen LogP contribution in [0.5, 0.6) is 0 Å². The van der Waals surface area contributed by atoms with Crippen molar-refractivity contribution in [1.82, 2.24) is 5.43 Å². The molecule has 0 aliphatic heterocycles. The second-order valence-electron chi connectivity index (χ2n) is 6.92. The number of nitrogens with one attached hydrogen (secondary N) is 1. The van der Waals surface area contributed by atoms with Gasteiger partial charge in [0.15, 0.2) is 0 Å². The van der Waals surface area contributed by atoms with Crippen molar-refractivity contribution in [3.63, 3.8) is 0 Å². The first-order chi connectivity index (χ1) is 16.2. The Labute approximate surface area is 213 Å². The fraction of sp³-hybridized carbons (Fsp3) is 0.0833. The predicted octanol–water partition coefficient (Wildman–Crippen LogP) is 5.22. The van der Waals surface area contributed by atoms with E-state index in [4.69, 9.17) is 28.9 Å². The standard InChI is InChI=1S/C24H20Cl2N4O2S2/c1-17-13-23(22(15-21(17)26)33-16-19-9-5-11-20(25)14-19)34(31,32)30-24(27)29-28-12-6-10-18-7-3-2-4-8-18/h2-5,7-9,11-15H,16H2,1H3,(H3,27,29,30)/b28-12+. The van der Waals surface area contributed by atoms with E-state index in [1.54, 1.807) is 19.1 Å². The Bertz CT molecular complexity index is 1400. The van der Waals surface area contributed by atoms with Gasteiger partial charge in [-0.3, -0.25) is 0 Å². The highest BCUT2D eigenvalue weighted by Gasteiger charge is 2.21. The van der Waals surface area contributed by atoms with Gasteiger partial charge in [-0.25, -0.2) is 5.43 Å². The minimum absolute atomic E-state index is 0.000901. The van der Waals surface area contributed by atoms with E-state index in [1.165, 1.54) is 24.0 Å². The summed E-state index contributed by atoms with van der Waals surface area (Å²) in [5, 5.41) is 4.85. The van der Waals surface area contributed by atoms with Crippen molar-refractivity contribution in [3.05, 3.63) is 93.5 Å². The second-order valence-corrected chi connectivity index (χ2v) is 10.4. The molecule has 0 spiro atoms. The van der Waals surface area contributed by atoms with E-state index in [0.29, 0.717) is 26.3 Å². The third kappa shape index (κ3) is 7.54. The molecule has 0 aromatic heterocycles. The Kier molecular flexibility index (Phi) is 9.02. The number of benzene rings is 3. The van der Waals surface area contributed by atoms with Crippen LogP contribution in [-0.2, 0) is 15.8 Å². The molecular formula is C24H20Cl2N4O2S2. The number of hydrogen-bond acceptors (Lipinski definition) is 4. The van der Waals surface area contributed by atoms with E-state index in [-0.39, 0.29) is 4.90 Å². The van der Waals surface area contributed by atoms with Crippen LogP contribution in [0.3, 0.4) is 0 Å². The highest BCUT2D eigenvalue weighted by Crippen LogP contribution is 2.34. The van der Waals surface area contributed by atoms with E-state index in [9.17, 15) is 8.42 Å². The lowest BCUT2D eigenvalue weighted by atomic mass is 10.2. The van der Waals surface area contributed by atoms with Gasteiger partial charge in [0.25, 0.3) is 10.0 Å². The molecular weight excluding hydrogens is 511 g/mol. The van der Waals surface area contributed by atoms with E-state index in [0.717, 1.165) is 11.1 Å². The van der Waals surface area contributed by atoms with Gasteiger partial charge >= 0.3 is 0 Å². The van der Waals surface area contributed by atoms with Gasteiger partial charge in [-0.1, -0.05) is 59.5 Å². The zero-order valence-corrected chi connectivity index (χ0v) is 21.1. The van der Waals surface area contributed by atoms with Crippen LogP contribution in [-0.4, -0.2) is 20.6 Å². The Balaban J connectivity index is 1.77. The number of hydrazone groups is 1. The summed E-state index contributed by atoms with van der Waals surface area (Å²) in [6.07, 6.45) is 1.26. The van der Waals surface area contributed by atoms with Crippen molar-refractivity contribution in [3.8, 4) is 11.8 Å². The first-order valence-corrected chi connectivity index (χ1v) is 13.0. The number of nitrogens with zero attached hydrogens (tertiary/aromatic N) is 2. The third-order valence-corrected chi connectivity index (χ3v) is 7.53. The maximum absolute atomic E-state index is 13.0. The Morgan fingerprint density at radius 2 is 1.88 bits per heavy atom. The molecule has 0 amide bonds. The molecule has 0 atom stereocenters. The molecule has 0 unspecified atom stereocenters. The van der Waals surface area contributed by atoms with Crippen LogP contribution in [0.4, 0.5) is 0 Å². The van der Waals surface area contributed by atoms with Gasteiger partial charge in [-0.15, -0.1) is 16.2 Å². The van der Waals surface area contributed by atoms with Crippen LogP contribution in [0, 0.1) is 18.8 Å². The van der Waals surface area contributed by atoms with E-state index in [2.05, 4.69) is 26.8 Å². The molecule has 0 heterocycles. The quantitative estimate of drug-likeness (QED) is 0.149. The SMILES string of the molecule is Cc1cc(S(=O)(=O)N=C(N)N/N=C/C#Cc2ccccc2)c(SCc2cccc(Cl)c2)cc1Cl. The monoisotopic (exact) mass is 530 g/mol. The van der Waals surface area contributed by atoms with Crippen molar-refractivity contribution >= 4 is 57.2 Å². The summed E-state index contributed by atoms with van der Waals surface area (Å²) in [5.74, 6) is 5.70. The zero-order chi connectivity index (χ0) is 24.6. The predicted molar refractivity (Wildman–Crippen MR) is 141 cm³/mol. The molecule has 0 saturated carbocycles. The minimum Gasteiger partial charge on any atom is -0.368 e. The Hall–Kier alpha value is -2.96. The van der Waals surface area contributed by atoms with Crippen LogP contribution < -0.4 is 11.2 Å². The normalized spacial score (nSPS) is 11.8. The maximum Gasteiger partial charge on any atom is 0.286 e. The number of hydrogen-bond donors (Lipinski definition) is 2. The lowest BCUT2D eigenvalue weighted by Gasteiger charge is -2.11. The molecule has 3 N–H and O–H groups in total. The second kappa shape index (κ2) is 12.0. The van der Waals surface area contributed by atoms with Crippen LogP contribution >= 0.6 is 35.0 Å². The molecule has 0 fully saturated rings. The number of nitrogens with two attached hydrogens (primary N) is 1. The van der Waals surface area contributed by atoms with Gasteiger partial charge in [-0.05, 0) is 60.4 Å². The number of aryl methyl sites for hydroxylation is 1. The molecule has 10 heteroatoms. The number of rotatable bonds is 6. The highest BCUT2D eigenvalue weighted by atomic mass is 35.5. The van der Waals surface area contributed by atoms with Crippen molar-refractivity contribution in [2.75, 3.05) is 0 Å². The smallest absolute Gasteiger partial charge is 0.286 e. The van der Waals surface area contributed by atoms with E-state index in [1.807, 2.05) is 48.5 Å². The number of halogens is 2. The Morgan fingerprint density at radius 1 is 1.12 bits per heavy atom. The molecule has 0 radical (unpaired) electrons. The topological polar surface area (TPSA) is 96.9 Å². The lowest BCUT2D eigenvalue weighted by molar-refractivity contribution is 0.595. The van der Waals surface area contributed by atoms with E-state index < -0.39 is 16.0 Å². The van der Waals surface area contributed by atoms with Crippen LogP contribution in [0.2, 0.25) is 10.0 Å². The average molecular weight is 531 g/mol. The number of guanidine groups is 1. The molecule has 0 aliphatic rings. The van der Waals surface area contributed by atoms with Crippen molar-refractivity contribution < 1.29 is 8.42 Å². The molecule has 3 aromatic carbocycles. The lowest BCUT2D eigenvalue weighted by Crippen LogP contribution is -2.28. The molecule has 174 valence electrons. The Morgan fingerprint density at radius 3 is 2.62 bits per heavy atom. The van der Waals surface area contributed by atoms with Gasteiger partial charge in [0, 0.05) is 26.3 Å². The van der Waals surface area contributed by atoms with Gasteiger partial charge in [-0.2, -0.15) is 13.5 Å². The summed E-state index contributed by atoms with van der Waals surface area (Å²) >= 11 is 13.6. The number of sulfonamides is 1. The van der Waals surface area contributed by atoms with E-state index >= 15 is 0 Å². The fourth-order valence-electron chi connectivity index (χ4n) is 2.71. The first kappa shape index (κ1) is 25.7. The third-order valence-electron chi connectivity index (χ3n) is 4.30. The number of thioether (sulfide) groups is 1. The summed E-state index contributed by atoms with van der Waals surface area (Å²) in [5.41, 5.74) is 10.5. The van der Waals surface area contributed by atoms with Crippen LogP contribution in [0.1, 0.15) is 16.7 Å². The summed E-state index contributed by atoms with van der Waals surface area (Å²) < 4.78 is 29.7. The van der Waals surface area contributed by atoms with Gasteiger partial charge in [0.05, 0.1) is 6.21 Å². The van der Waals surface area contributed by atoms with Gasteiger partial charge in [0.1, 0.15) is 4.90 Å². The van der Waals surface area contributed by atoms with Crippen LogP contribution in [0.25, 0.3) is 0 Å². The summed E-state index contributed by atoms with van der Waals surface area (Å²) in [6.45, 7) is 1.72. The summed E-state index contributed by atoms with van der Waals surface area (Å²) in [7, 11) is -4.14. The largest absolute Gasteiger partial charge is 0.368 e.